The largest absolute Gasteiger partial charge is 0.316 e. The lowest BCUT2D eigenvalue weighted by Gasteiger charge is -2.29. The fraction of sp³-hybridized carbons (Fsp3) is 0.600. The van der Waals surface area contributed by atoms with Crippen molar-refractivity contribution in [2.45, 2.75) is 31.8 Å². The predicted molar refractivity (Wildman–Crippen MR) is 70.9 cm³/mol. The number of nitrogens with zero attached hydrogens (tertiary/aromatic N) is 1. The van der Waals surface area contributed by atoms with Crippen LogP contribution >= 0.6 is 0 Å². The van der Waals surface area contributed by atoms with Crippen LogP contribution < -0.4 is 5.32 Å². The van der Waals surface area contributed by atoms with Gasteiger partial charge in [0, 0.05) is 12.6 Å². The van der Waals surface area contributed by atoms with Crippen LogP contribution in [-0.2, 0) is 6.54 Å². The van der Waals surface area contributed by atoms with Crippen molar-refractivity contribution in [1.82, 2.24) is 10.2 Å². The number of benzene rings is 1. The normalized spacial score (nSPS) is 29.9. The number of nitrogens with one attached hydrogen (secondary N) is 1. The molecule has 2 heteroatoms. The van der Waals surface area contributed by atoms with E-state index in [2.05, 4.69) is 40.5 Å². The average molecular weight is 230 g/mol. The second kappa shape index (κ2) is 5.19. The topological polar surface area (TPSA) is 15.3 Å². The highest BCUT2D eigenvalue weighted by atomic mass is 15.2. The maximum absolute atomic E-state index is 3.51. The molecule has 0 aliphatic carbocycles. The van der Waals surface area contributed by atoms with E-state index in [1.54, 1.807) is 0 Å². The van der Waals surface area contributed by atoms with Crippen molar-refractivity contribution >= 4 is 0 Å². The molecule has 2 fully saturated rings. The van der Waals surface area contributed by atoms with Gasteiger partial charge in [0.1, 0.15) is 0 Å². The summed E-state index contributed by atoms with van der Waals surface area (Å²) >= 11 is 0. The van der Waals surface area contributed by atoms with Gasteiger partial charge in [-0.15, -0.1) is 0 Å². The minimum absolute atomic E-state index is 0.824. The van der Waals surface area contributed by atoms with Gasteiger partial charge in [-0.1, -0.05) is 30.3 Å². The third-order valence-corrected chi connectivity index (χ3v) is 4.29. The van der Waals surface area contributed by atoms with Crippen molar-refractivity contribution in [3.63, 3.8) is 0 Å². The minimum atomic E-state index is 0.824. The molecule has 2 atom stereocenters. The predicted octanol–water partition coefficient (Wildman–Crippen LogP) is 2.26. The minimum Gasteiger partial charge on any atom is -0.316 e. The summed E-state index contributed by atoms with van der Waals surface area (Å²) in [5.41, 5.74) is 1.46. The molecule has 2 saturated heterocycles. The van der Waals surface area contributed by atoms with Crippen molar-refractivity contribution in [3.8, 4) is 0 Å². The van der Waals surface area contributed by atoms with Gasteiger partial charge in [-0.05, 0) is 50.4 Å². The molecule has 3 rings (SSSR count). The molecule has 1 aromatic carbocycles. The zero-order valence-corrected chi connectivity index (χ0v) is 10.4. The van der Waals surface area contributed by atoms with E-state index in [9.17, 15) is 0 Å². The Morgan fingerprint density at radius 3 is 2.82 bits per heavy atom. The van der Waals surface area contributed by atoms with Crippen LogP contribution in [0.5, 0.6) is 0 Å². The van der Waals surface area contributed by atoms with Crippen molar-refractivity contribution < 1.29 is 0 Å². The zero-order chi connectivity index (χ0) is 11.5. The van der Waals surface area contributed by atoms with Crippen LogP contribution in [0.3, 0.4) is 0 Å². The summed E-state index contributed by atoms with van der Waals surface area (Å²) < 4.78 is 0. The van der Waals surface area contributed by atoms with Crippen LogP contribution in [0.1, 0.15) is 24.8 Å². The van der Waals surface area contributed by atoms with Gasteiger partial charge < -0.3 is 5.32 Å². The molecule has 0 bridgehead atoms. The van der Waals surface area contributed by atoms with Crippen molar-refractivity contribution in [1.29, 1.82) is 0 Å². The molecule has 2 heterocycles. The van der Waals surface area contributed by atoms with Crippen LogP contribution in [-0.4, -0.2) is 30.6 Å². The Morgan fingerprint density at radius 1 is 1.18 bits per heavy atom. The highest BCUT2D eigenvalue weighted by Crippen LogP contribution is 2.28. The molecular formula is C15H22N2. The summed E-state index contributed by atoms with van der Waals surface area (Å²) in [5, 5.41) is 3.51. The first kappa shape index (κ1) is 11.2. The number of hydrogen-bond donors (Lipinski definition) is 1. The summed E-state index contributed by atoms with van der Waals surface area (Å²) in [5.74, 6) is 0.890. The maximum atomic E-state index is 3.51. The highest BCUT2D eigenvalue weighted by molar-refractivity contribution is 5.15. The van der Waals surface area contributed by atoms with Crippen molar-refractivity contribution in [2.75, 3.05) is 19.6 Å². The molecule has 92 valence electrons. The second-order valence-electron chi connectivity index (χ2n) is 5.42. The van der Waals surface area contributed by atoms with Gasteiger partial charge in [-0.2, -0.15) is 0 Å². The number of rotatable bonds is 3. The Balaban J connectivity index is 1.65. The van der Waals surface area contributed by atoms with Gasteiger partial charge in [0.15, 0.2) is 0 Å². The van der Waals surface area contributed by atoms with Crippen molar-refractivity contribution in [2.24, 2.45) is 5.92 Å². The summed E-state index contributed by atoms with van der Waals surface area (Å²) in [6, 6.07) is 11.7. The number of likely N-dealkylation sites (tertiary alicyclic amines) is 1. The summed E-state index contributed by atoms with van der Waals surface area (Å²) in [6.45, 7) is 4.88. The fourth-order valence-electron chi connectivity index (χ4n) is 3.41. The van der Waals surface area contributed by atoms with Crippen LogP contribution in [0.2, 0.25) is 0 Å². The molecule has 1 aromatic rings. The lowest BCUT2D eigenvalue weighted by molar-refractivity contribution is 0.190. The Kier molecular flexibility index (Phi) is 3.44. The standard InChI is InChI=1S/C15H22N2/c1-2-5-13(6-3-1)12-17-10-4-7-15(17)14-8-9-16-11-14/h1-3,5-6,14-16H,4,7-12H2. The van der Waals surface area contributed by atoms with E-state index in [1.807, 2.05) is 0 Å². The van der Waals surface area contributed by atoms with Gasteiger partial charge in [-0.3, -0.25) is 4.90 Å². The first-order valence-corrected chi connectivity index (χ1v) is 6.92. The Bertz CT molecular complexity index is 343. The molecule has 0 spiro atoms. The molecule has 2 nitrogen and oxygen atoms in total. The highest BCUT2D eigenvalue weighted by Gasteiger charge is 2.32. The summed E-state index contributed by atoms with van der Waals surface area (Å²) in [4.78, 5) is 2.70. The first-order chi connectivity index (χ1) is 8.43. The van der Waals surface area contributed by atoms with E-state index in [1.165, 1.54) is 44.5 Å². The summed E-state index contributed by atoms with van der Waals surface area (Å²) in [7, 11) is 0. The van der Waals surface area contributed by atoms with Gasteiger partial charge >= 0.3 is 0 Å². The van der Waals surface area contributed by atoms with E-state index in [0.29, 0.717) is 0 Å². The smallest absolute Gasteiger partial charge is 0.0236 e. The van der Waals surface area contributed by atoms with Crippen molar-refractivity contribution in [3.05, 3.63) is 35.9 Å². The summed E-state index contributed by atoms with van der Waals surface area (Å²) in [6.07, 6.45) is 4.16. The third kappa shape index (κ3) is 2.53. The lowest BCUT2D eigenvalue weighted by atomic mass is 9.96. The van der Waals surface area contributed by atoms with Crippen LogP contribution in [0, 0.1) is 5.92 Å². The van der Waals surface area contributed by atoms with Gasteiger partial charge in [0.05, 0.1) is 0 Å². The van der Waals surface area contributed by atoms with E-state index < -0.39 is 0 Å². The quantitative estimate of drug-likeness (QED) is 0.857. The van der Waals surface area contributed by atoms with Gasteiger partial charge in [0.2, 0.25) is 0 Å². The molecule has 0 radical (unpaired) electrons. The molecule has 17 heavy (non-hydrogen) atoms. The monoisotopic (exact) mass is 230 g/mol. The molecule has 0 amide bonds. The molecule has 1 N–H and O–H groups in total. The van der Waals surface area contributed by atoms with Crippen LogP contribution in [0.15, 0.2) is 30.3 Å². The molecule has 2 unspecified atom stereocenters. The van der Waals surface area contributed by atoms with Crippen LogP contribution in [0.4, 0.5) is 0 Å². The molecule has 0 saturated carbocycles. The van der Waals surface area contributed by atoms with Gasteiger partial charge in [0.25, 0.3) is 0 Å². The Morgan fingerprint density at radius 2 is 2.06 bits per heavy atom. The molecule has 2 aliphatic rings. The fourth-order valence-corrected chi connectivity index (χ4v) is 3.41. The Hall–Kier alpha value is -0.860. The van der Waals surface area contributed by atoms with Gasteiger partial charge in [-0.25, -0.2) is 0 Å². The SMILES string of the molecule is c1ccc(CN2CCCC2C2CCNC2)cc1. The first-order valence-electron chi connectivity index (χ1n) is 6.92. The molecule has 0 aromatic heterocycles. The van der Waals surface area contributed by atoms with E-state index >= 15 is 0 Å². The second-order valence-corrected chi connectivity index (χ2v) is 5.42. The average Bonchev–Trinajstić information content (AvgIpc) is 3.00. The van der Waals surface area contributed by atoms with Crippen LogP contribution in [0.25, 0.3) is 0 Å². The third-order valence-electron chi connectivity index (χ3n) is 4.29. The van der Waals surface area contributed by atoms with E-state index in [4.69, 9.17) is 0 Å². The van der Waals surface area contributed by atoms with E-state index in [-0.39, 0.29) is 0 Å². The number of hydrogen-bond acceptors (Lipinski definition) is 2. The zero-order valence-electron chi connectivity index (χ0n) is 10.4. The van der Waals surface area contributed by atoms with E-state index in [0.717, 1.165) is 18.5 Å². The Labute approximate surface area is 104 Å². The molecular weight excluding hydrogens is 208 g/mol. The maximum Gasteiger partial charge on any atom is 0.0236 e. The lowest BCUT2D eigenvalue weighted by Crippen LogP contribution is -2.36. The molecule has 2 aliphatic heterocycles.